The fourth-order valence-electron chi connectivity index (χ4n) is 3.29. The van der Waals surface area contributed by atoms with E-state index in [0.717, 1.165) is 10.8 Å². The van der Waals surface area contributed by atoms with Gasteiger partial charge in [0.2, 0.25) is 0 Å². The van der Waals surface area contributed by atoms with Gasteiger partial charge in [0.25, 0.3) is 5.91 Å². The van der Waals surface area contributed by atoms with Gasteiger partial charge in [-0.3, -0.25) is 4.79 Å². The number of carbonyl (C=O) groups is 2. The van der Waals surface area contributed by atoms with E-state index >= 15 is 0 Å². The number of hydrazone groups is 1. The van der Waals surface area contributed by atoms with Crippen molar-refractivity contribution in [1.29, 1.82) is 0 Å². The number of hydrogen-bond acceptors (Lipinski definition) is 5. The summed E-state index contributed by atoms with van der Waals surface area (Å²) in [7, 11) is 0. The molecule has 0 fully saturated rings. The van der Waals surface area contributed by atoms with E-state index in [9.17, 15) is 9.59 Å². The van der Waals surface area contributed by atoms with Crippen LogP contribution in [0.1, 0.15) is 22.8 Å². The monoisotopic (exact) mass is 506 g/mol. The first kappa shape index (κ1) is 24.3. The average Bonchev–Trinajstić information content (AvgIpc) is 2.85. The van der Waals surface area contributed by atoms with E-state index in [4.69, 9.17) is 32.7 Å². The van der Waals surface area contributed by atoms with Crippen molar-refractivity contribution in [1.82, 2.24) is 5.43 Å². The van der Waals surface area contributed by atoms with Gasteiger partial charge in [-0.25, -0.2) is 10.2 Å². The van der Waals surface area contributed by atoms with Crippen LogP contribution in [0.2, 0.25) is 10.0 Å². The molecule has 4 aromatic rings. The Morgan fingerprint density at radius 1 is 0.914 bits per heavy atom. The molecular weight excluding hydrogens is 487 g/mol. The minimum atomic E-state index is -0.819. The summed E-state index contributed by atoms with van der Waals surface area (Å²) in [6.45, 7) is 1.60. The molecule has 35 heavy (non-hydrogen) atoms. The number of halogens is 2. The summed E-state index contributed by atoms with van der Waals surface area (Å²) in [4.78, 5) is 25.2. The van der Waals surface area contributed by atoms with Gasteiger partial charge in [-0.05, 0) is 66.2 Å². The molecule has 1 atom stereocenters. The Balaban J connectivity index is 1.53. The highest BCUT2D eigenvalue weighted by molar-refractivity contribution is 6.31. The number of rotatable bonds is 7. The zero-order chi connectivity index (χ0) is 24.8. The van der Waals surface area contributed by atoms with Crippen molar-refractivity contribution in [3.8, 4) is 11.5 Å². The van der Waals surface area contributed by atoms with Crippen LogP contribution in [0.5, 0.6) is 11.5 Å². The molecule has 0 radical (unpaired) electrons. The molecule has 4 rings (SSSR count). The van der Waals surface area contributed by atoms with E-state index in [0.29, 0.717) is 32.7 Å². The Morgan fingerprint density at radius 3 is 2.46 bits per heavy atom. The van der Waals surface area contributed by atoms with Crippen LogP contribution in [-0.2, 0) is 4.79 Å². The molecule has 6 nitrogen and oxygen atoms in total. The van der Waals surface area contributed by atoms with Gasteiger partial charge in [0.15, 0.2) is 6.10 Å². The van der Waals surface area contributed by atoms with Crippen molar-refractivity contribution in [2.24, 2.45) is 5.10 Å². The minimum absolute atomic E-state index is 0.296. The molecule has 0 spiro atoms. The molecular formula is C27H20Cl2N2O4. The van der Waals surface area contributed by atoms with Gasteiger partial charge in [-0.1, -0.05) is 59.6 Å². The summed E-state index contributed by atoms with van der Waals surface area (Å²) in [6, 6.07) is 24.3. The van der Waals surface area contributed by atoms with Gasteiger partial charge in [0.1, 0.15) is 11.5 Å². The van der Waals surface area contributed by atoms with Crippen LogP contribution in [0.15, 0.2) is 90.0 Å². The van der Waals surface area contributed by atoms with E-state index in [1.807, 2.05) is 30.3 Å². The maximum atomic E-state index is 12.7. The first-order valence-corrected chi connectivity index (χ1v) is 11.4. The molecule has 0 heterocycles. The molecule has 0 saturated heterocycles. The molecule has 1 amide bonds. The molecule has 0 aliphatic rings. The lowest BCUT2D eigenvalue weighted by Gasteiger charge is -2.13. The minimum Gasteiger partial charge on any atom is -0.481 e. The van der Waals surface area contributed by atoms with Gasteiger partial charge in [0.05, 0.1) is 11.8 Å². The zero-order valence-electron chi connectivity index (χ0n) is 18.6. The standard InChI is InChI=1S/C27H20Cl2N2O4/c1-17(34-22-7-4-6-21(29)15-22)26(32)31-30-16-24-23-8-3-2-5-18(23)11-14-25(24)35-27(33)19-9-12-20(28)13-10-19/h2-17H,1H3,(H,31,32). The second kappa shape index (κ2) is 11.0. The van der Waals surface area contributed by atoms with Gasteiger partial charge < -0.3 is 9.47 Å². The lowest BCUT2D eigenvalue weighted by molar-refractivity contribution is -0.127. The Labute approximate surface area is 212 Å². The summed E-state index contributed by atoms with van der Waals surface area (Å²) in [5.41, 5.74) is 3.36. The predicted molar refractivity (Wildman–Crippen MR) is 138 cm³/mol. The van der Waals surface area contributed by atoms with Gasteiger partial charge >= 0.3 is 5.97 Å². The van der Waals surface area contributed by atoms with Gasteiger partial charge in [0, 0.05) is 15.6 Å². The number of fused-ring (bicyclic) bond motifs is 1. The Hall–Kier alpha value is -3.87. The van der Waals surface area contributed by atoms with Crippen LogP contribution in [0.25, 0.3) is 10.8 Å². The number of amides is 1. The van der Waals surface area contributed by atoms with Crippen LogP contribution >= 0.6 is 23.2 Å². The van der Waals surface area contributed by atoms with Crippen molar-refractivity contribution in [3.05, 3.63) is 106 Å². The molecule has 8 heteroatoms. The maximum Gasteiger partial charge on any atom is 0.343 e. The number of benzene rings is 4. The van der Waals surface area contributed by atoms with E-state index in [2.05, 4.69) is 10.5 Å². The molecule has 0 aromatic heterocycles. The number of ether oxygens (including phenoxy) is 2. The molecule has 1 unspecified atom stereocenters. The normalized spacial score (nSPS) is 11.9. The first-order valence-electron chi connectivity index (χ1n) is 10.7. The molecule has 0 aliphatic heterocycles. The molecule has 4 aromatic carbocycles. The van der Waals surface area contributed by atoms with Crippen LogP contribution in [0.3, 0.4) is 0 Å². The zero-order valence-corrected chi connectivity index (χ0v) is 20.1. The third-order valence-corrected chi connectivity index (χ3v) is 5.55. The Bertz CT molecular complexity index is 1400. The Morgan fingerprint density at radius 2 is 1.69 bits per heavy atom. The third-order valence-electron chi connectivity index (χ3n) is 5.06. The molecule has 0 bridgehead atoms. The molecule has 0 aliphatic carbocycles. The lowest BCUT2D eigenvalue weighted by Crippen LogP contribution is -2.33. The average molecular weight is 507 g/mol. The van der Waals surface area contributed by atoms with E-state index in [1.54, 1.807) is 61.5 Å². The number of nitrogens with one attached hydrogen (secondary N) is 1. The highest BCUT2D eigenvalue weighted by atomic mass is 35.5. The number of esters is 1. The largest absolute Gasteiger partial charge is 0.481 e. The summed E-state index contributed by atoms with van der Waals surface area (Å²) in [5, 5.41) is 6.83. The van der Waals surface area contributed by atoms with Gasteiger partial charge in [-0.2, -0.15) is 5.10 Å². The highest BCUT2D eigenvalue weighted by Gasteiger charge is 2.16. The summed E-state index contributed by atoms with van der Waals surface area (Å²) >= 11 is 11.9. The smallest absolute Gasteiger partial charge is 0.343 e. The maximum absolute atomic E-state index is 12.7. The van der Waals surface area contributed by atoms with Crippen molar-refractivity contribution in [2.75, 3.05) is 0 Å². The summed E-state index contributed by atoms with van der Waals surface area (Å²) in [5.74, 6) is -0.236. The van der Waals surface area contributed by atoms with Crippen LogP contribution in [0.4, 0.5) is 0 Å². The number of nitrogens with zero attached hydrogens (tertiary/aromatic N) is 1. The first-order chi connectivity index (χ1) is 16.9. The predicted octanol–water partition coefficient (Wildman–Crippen LogP) is 6.28. The fourth-order valence-corrected chi connectivity index (χ4v) is 3.60. The quantitative estimate of drug-likeness (QED) is 0.138. The topological polar surface area (TPSA) is 77.0 Å². The van der Waals surface area contributed by atoms with E-state index in [1.165, 1.54) is 6.21 Å². The van der Waals surface area contributed by atoms with Gasteiger partial charge in [-0.15, -0.1) is 0 Å². The van der Waals surface area contributed by atoms with Crippen molar-refractivity contribution in [3.63, 3.8) is 0 Å². The summed E-state index contributed by atoms with van der Waals surface area (Å²) in [6.07, 6.45) is 0.622. The van der Waals surface area contributed by atoms with Crippen molar-refractivity contribution in [2.45, 2.75) is 13.0 Å². The van der Waals surface area contributed by atoms with Crippen LogP contribution < -0.4 is 14.9 Å². The molecule has 1 N–H and O–H groups in total. The van der Waals surface area contributed by atoms with E-state index < -0.39 is 18.0 Å². The van der Waals surface area contributed by atoms with Crippen LogP contribution in [-0.4, -0.2) is 24.2 Å². The number of hydrogen-bond donors (Lipinski definition) is 1. The fraction of sp³-hybridized carbons (Fsp3) is 0.0741. The summed E-state index contributed by atoms with van der Waals surface area (Å²) < 4.78 is 11.3. The van der Waals surface area contributed by atoms with Crippen molar-refractivity contribution < 1.29 is 19.1 Å². The second-order valence-electron chi connectivity index (χ2n) is 7.55. The van der Waals surface area contributed by atoms with Crippen molar-refractivity contribution >= 4 is 52.1 Å². The SMILES string of the molecule is CC(Oc1cccc(Cl)c1)C(=O)NN=Cc1c(OC(=O)c2ccc(Cl)cc2)ccc2ccccc12. The lowest BCUT2D eigenvalue weighted by atomic mass is 10.0. The number of carbonyl (C=O) groups excluding carboxylic acids is 2. The second-order valence-corrected chi connectivity index (χ2v) is 8.42. The van der Waals surface area contributed by atoms with E-state index in [-0.39, 0.29) is 0 Å². The Kier molecular flexibility index (Phi) is 7.65. The third kappa shape index (κ3) is 6.18. The highest BCUT2D eigenvalue weighted by Crippen LogP contribution is 2.27. The molecule has 176 valence electrons. The van der Waals surface area contributed by atoms with Crippen LogP contribution in [0, 0.1) is 0 Å². The molecule has 0 saturated carbocycles.